The summed E-state index contributed by atoms with van der Waals surface area (Å²) < 4.78 is 5.31. The first-order chi connectivity index (χ1) is 12.2. The Bertz CT molecular complexity index is 666. The van der Waals surface area contributed by atoms with E-state index in [0.717, 1.165) is 37.8 Å². The number of nitrogens with zero attached hydrogens (tertiary/aromatic N) is 3. The van der Waals surface area contributed by atoms with Crippen molar-refractivity contribution in [2.45, 2.75) is 46.0 Å². The molecule has 136 valence electrons. The molecule has 0 amide bonds. The van der Waals surface area contributed by atoms with Crippen LogP contribution in [0.1, 0.15) is 45.4 Å². The van der Waals surface area contributed by atoms with E-state index < -0.39 is 0 Å². The lowest BCUT2D eigenvalue weighted by Gasteiger charge is -2.40. The Labute approximate surface area is 148 Å². The highest BCUT2D eigenvalue weighted by atomic mass is 16.3. The fraction of sp³-hybridized carbons (Fsp3) is 0.611. The zero-order valence-corrected chi connectivity index (χ0v) is 15.1. The second-order valence-electron chi connectivity index (χ2n) is 6.66. The van der Waals surface area contributed by atoms with Crippen LogP contribution in [0.4, 0.5) is 0 Å². The highest BCUT2D eigenvalue weighted by Crippen LogP contribution is 2.43. The highest BCUT2D eigenvalue weighted by molar-refractivity contribution is 5.79. The van der Waals surface area contributed by atoms with Crippen molar-refractivity contribution in [3.8, 4) is 11.6 Å². The van der Waals surface area contributed by atoms with E-state index in [1.165, 1.54) is 25.7 Å². The van der Waals surface area contributed by atoms with E-state index in [1.54, 1.807) is 6.26 Å². The van der Waals surface area contributed by atoms with Crippen LogP contribution in [0.5, 0.6) is 0 Å². The van der Waals surface area contributed by atoms with Gasteiger partial charge >= 0.3 is 0 Å². The van der Waals surface area contributed by atoms with Gasteiger partial charge in [0.05, 0.1) is 6.26 Å². The minimum atomic E-state index is 0.436. The summed E-state index contributed by atoms with van der Waals surface area (Å²) in [6.45, 7) is 6.87. The first-order valence-corrected chi connectivity index (χ1v) is 9.22. The van der Waals surface area contributed by atoms with Crippen molar-refractivity contribution in [2.24, 2.45) is 10.4 Å². The molecule has 25 heavy (non-hydrogen) atoms. The molecule has 7 heteroatoms. The Kier molecular flexibility index (Phi) is 5.73. The largest absolute Gasteiger partial charge is 0.461 e. The second kappa shape index (κ2) is 8.18. The Hall–Kier alpha value is -2.31. The van der Waals surface area contributed by atoms with Gasteiger partial charge < -0.3 is 15.1 Å². The van der Waals surface area contributed by atoms with Crippen LogP contribution in [-0.2, 0) is 6.42 Å². The van der Waals surface area contributed by atoms with Crippen molar-refractivity contribution in [1.82, 2.24) is 25.8 Å². The third-order valence-electron chi connectivity index (χ3n) is 5.01. The number of H-pyrrole nitrogens is 1. The predicted molar refractivity (Wildman–Crippen MR) is 98.3 cm³/mol. The molecule has 2 heterocycles. The van der Waals surface area contributed by atoms with Crippen LogP contribution in [0, 0.1) is 5.41 Å². The molecule has 1 fully saturated rings. The lowest BCUT2D eigenvalue weighted by molar-refractivity contribution is 0.139. The predicted octanol–water partition coefficient (Wildman–Crippen LogP) is 2.74. The van der Waals surface area contributed by atoms with Gasteiger partial charge in [0, 0.05) is 26.1 Å². The molecule has 0 spiro atoms. The average Bonchev–Trinajstić information content (AvgIpc) is 3.25. The number of hydrogen-bond acceptors (Lipinski definition) is 4. The van der Waals surface area contributed by atoms with Crippen LogP contribution in [0.15, 0.2) is 27.8 Å². The molecular formula is C18H28N6O. The van der Waals surface area contributed by atoms with E-state index in [-0.39, 0.29) is 0 Å². The molecule has 1 aliphatic rings. The third kappa shape index (κ3) is 4.41. The van der Waals surface area contributed by atoms with Gasteiger partial charge in [-0.2, -0.15) is 5.10 Å². The number of aromatic amines is 1. The van der Waals surface area contributed by atoms with Crippen LogP contribution < -0.4 is 10.6 Å². The molecule has 2 aromatic heterocycles. The molecule has 0 bridgehead atoms. The summed E-state index contributed by atoms with van der Waals surface area (Å²) in [5.74, 6) is 2.98. The topological polar surface area (TPSA) is 91.1 Å². The summed E-state index contributed by atoms with van der Waals surface area (Å²) in [6, 6.07) is 3.68. The fourth-order valence-corrected chi connectivity index (χ4v) is 3.11. The molecule has 0 unspecified atom stereocenters. The van der Waals surface area contributed by atoms with Crippen molar-refractivity contribution >= 4 is 5.96 Å². The zero-order chi connectivity index (χ0) is 17.5. The number of furan rings is 1. The Morgan fingerprint density at radius 3 is 2.88 bits per heavy atom. The number of guanidine groups is 1. The van der Waals surface area contributed by atoms with Crippen LogP contribution in [0.25, 0.3) is 11.6 Å². The minimum absolute atomic E-state index is 0.436. The van der Waals surface area contributed by atoms with E-state index in [9.17, 15) is 0 Å². The van der Waals surface area contributed by atoms with E-state index >= 15 is 0 Å². The number of nitrogens with one attached hydrogen (secondary N) is 3. The molecule has 0 aliphatic heterocycles. The summed E-state index contributed by atoms with van der Waals surface area (Å²) >= 11 is 0. The molecule has 2 aromatic rings. The van der Waals surface area contributed by atoms with Gasteiger partial charge in [-0.25, -0.2) is 4.98 Å². The van der Waals surface area contributed by atoms with Gasteiger partial charge in [-0.05, 0) is 43.7 Å². The van der Waals surface area contributed by atoms with Crippen molar-refractivity contribution in [3.05, 3.63) is 24.2 Å². The molecular weight excluding hydrogens is 316 g/mol. The maximum absolute atomic E-state index is 5.31. The van der Waals surface area contributed by atoms with E-state index in [1.807, 2.05) is 12.1 Å². The van der Waals surface area contributed by atoms with E-state index in [2.05, 4.69) is 39.7 Å². The standard InChI is InChI=1S/C18H28N6O/c1-3-18(9-6-10-18)13-21-17(19-4-2)20-11-8-15-22-16(24-23-15)14-7-5-12-25-14/h5,7,12H,3-4,6,8-11,13H2,1-2H3,(H2,19,20,21)(H,22,23,24). The van der Waals surface area contributed by atoms with Crippen molar-refractivity contribution in [1.29, 1.82) is 0 Å². The van der Waals surface area contributed by atoms with E-state index in [0.29, 0.717) is 17.0 Å². The van der Waals surface area contributed by atoms with Crippen LogP contribution in [-0.4, -0.2) is 40.8 Å². The monoisotopic (exact) mass is 344 g/mol. The maximum atomic E-state index is 5.31. The van der Waals surface area contributed by atoms with Gasteiger partial charge in [-0.1, -0.05) is 13.3 Å². The molecule has 1 aliphatic carbocycles. The minimum Gasteiger partial charge on any atom is -0.461 e. The molecule has 0 radical (unpaired) electrons. The van der Waals surface area contributed by atoms with Crippen LogP contribution >= 0.6 is 0 Å². The molecule has 3 N–H and O–H groups in total. The average molecular weight is 344 g/mol. The number of hydrogen-bond donors (Lipinski definition) is 3. The summed E-state index contributed by atoms with van der Waals surface area (Å²) in [6.07, 6.45) is 7.54. The normalized spacial score (nSPS) is 16.5. The molecule has 7 nitrogen and oxygen atoms in total. The van der Waals surface area contributed by atoms with Crippen LogP contribution in [0.2, 0.25) is 0 Å². The smallest absolute Gasteiger partial charge is 0.216 e. The number of rotatable bonds is 8. The van der Waals surface area contributed by atoms with Crippen molar-refractivity contribution in [2.75, 3.05) is 19.6 Å². The summed E-state index contributed by atoms with van der Waals surface area (Å²) in [7, 11) is 0. The highest BCUT2D eigenvalue weighted by Gasteiger charge is 2.34. The zero-order valence-electron chi connectivity index (χ0n) is 15.1. The first kappa shape index (κ1) is 17.5. The number of aromatic nitrogens is 3. The Balaban J connectivity index is 1.50. The van der Waals surface area contributed by atoms with Gasteiger partial charge in [-0.3, -0.25) is 10.1 Å². The summed E-state index contributed by atoms with van der Waals surface area (Å²) in [5.41, 5.74) is 0.436. The van der Waals surface area contributed by atoms with Crippen LogP contribution in [0.3, 0.4) is 0 Å². The quantitative estimate of drug-likeness (QED) is 0.506. The van der Waals surface area contributed by atoms with Gasteiger partial charge in [0.1, 0.15) is 5.82 Å². The third-order valence-corrected chi connectivity index (χ3v) is 5.01. The molecule has 3 rings (SSSR count). The second-order valence-corrected chi connectivity index (χ2v) is 6.66. The number of aliphatic imine (C=N–C) groups is 1. The summed E-state index contributed by atoms with van der Waals surface area (Å²) in [4.78, 5) is 9.24. The lowest BCUT2D eigenvalue weighted by atomic mass is 9.67. The Morgan fingerprint density at radius 1 is 1.36 bits per heavy atom. The van der Waals surface area contributed by atoms with Gasteiger partial charge in [0.25, 0.3) is 0 Å². The van der Waals surface area contributed by atoms with Gasteiger partial charge in [0.15, 0.2) is 11.7 Å². The summed E-state index contributed by atoms with van der Waals surface area (Å²) in [5, 5.41) is 13.9. The van der Waals surface area contributed by atoms with Gasteiger partial charge in [-0.15, -0.1) is 0 Å². The maximum Gasteiger partial charge on any atom is 0.216 e. The first-order valence-electron chi connectivity index (χ1n) is 9.22. The van der Waals surface area contributed by atoms with E-state index in [4.69, 9.17) is 9.41 Å². The Morgan fingerprint density at radius 2 is 2.24 bits per heavy atom. The lowest BCUT2D eigenvalue weighted by Crippen LogP contribution is -2.40. The molecule has 0 saturated heterocycles. The SMILES string of the molecule is CCNC(=NCC1(CC)CCC1)NCCc1nc(-c2ccco2)n[nH]1. The van der Waals surface area contributed by atoms with Crippen molar-refractivity contribution < 1.29 is 4.42 Å². The van der Waals surface area contributed by atoms with Crippen molar-refractivity contribution in [3.63, 3.8) is 0 Å². The molecule has 0 aromatic carbocycles. The molecule has 0 atom stereocenters. The fourth-order valence-electron chi connectivity index (χ4n) is 3.11. The molecule has 1 saturated carbocycles. The van der Waals surface area contributed by atoms with Gasteiger partial charge in [0.2, 0.25) is 5.82 Å².